The number of hydrogen-bond donors (Lipinski definition) is 0. The van der Waals surface area contributed by atoms with Crippen LogP contribution >= 0.6 is 11.3 Å². The van der Waals surface area contributed by atoms with Crippen LogP contribution in [-0.4, -0.2) is 43.6 Å². The maximum atomic E-state index is 6.48. The summed E-state index contributed by atoms with van der Waals surface area (Å²) >= 11 is 1.85. The molecule has 0 radical (unpaired) electrons. The van der Waals surface area contributed by atoms with Crippen LogP contribution in [0.4, 0.5) is 0 Å². The van der Waals surface area contributed by atoms with E-state index in [0.717, 1.165) is 160 Å². The van der Waals surface area contributed by atoms with Gasteiger partial charge in [0, 0.05) is 91.1 Å². The van der Waals surface area contributed by atoms with Crippen LogP contribution in [0.1, 0.15) is 0 Å². The number of hydrogen-bond acceptors (Lipinski definition) is 9. The first-order valence-electron chi connectivity index (χ1n) is 38.1. The van der Waals surface area contributed by atoms with Crippen molar-refractivity contribution >= 4 is 141 Å². The van der Waals surface area contributed by atoms with E-state index in [2.05, 4.69) is 268 Å². The van der Waals surface area contributed by atoms with E-state index in [-0.39, 0.29) is 0 Å². The minimum atomic E-state index is 0.615. The molecule has 0 unspecified atom stereocenters. The van der Waals surface area contributed by atoms with Crippen molar-refractivity contribution in [2.45, 2.75) is 0 Å². The highest BCUT2D eigenvalue weighted by Gasteiger charge is 2.25. The summed E-state index contributed by atoms with van der Waals surface area (Å²) in [5, 5.41) is 14.0. The first-order chi connectivity index (χ1) is 56.5. The predicted molar refractivity (Wildman–Crippen MR) is 469 cm³/mol. The normalized spacial score (nSPS) is 11.7. The largest absolute Gasteiger partial charge is 0.455 e. The summed E-state index contributed by atoms with van der Waals surface area (Å²) in [5.41, 5.74) is 20.1. The van der Waals surface area contributed by atoms with Gasteiger partial charge in [-0.1, -0.05) is 297 Å². The third-order valence-corrected chi connectivity index (χ3v) is 22.9. The van der Waals surface area contributed by atoms with Gasteiger partial charge in [-0.05, 0) is 96.1 Å². The van der Waals surface area contributed by atoms with Crippen LogP contribution in [0.25, 0.3) is 215 Å². The highest BCUT2D eigenvalue weighted by Crippen LogP contribution is 2.46. The smallest absolute Gasteiger partial charge is 0.238 e. The van der Waals surface area contributed by atoms with Gasteiger partial charge in [-0.3, -0.25) is 13.7 Å². The molecule has 0 amide bonds. The molecule has 0 aliphatic heterocycles. The lowest BCUT2D eigenvalue weighted by Crippen LogP contribution is -2.06. The molecular formula is C102H63N9O2S. The molecular weight excluding hydrogens is 1420 g/mol. The number of fused-ring (bicyclic) bond motifs is 21. The number of benzene rings is 15. The number of rotatable bonds is 9. The van der Waals surface area contributed by atoms with Gasteiger partial charge in [0.25, 0.3) is 0 Å². The lowest BCUT2D eigenvalue weighted by Gasteiger charge is -2.13. The topological polar surface area (TPSA) is 118 Å². The van der Waals surface area contributed by atoms with E-state index in [1.165, 1.54) is 30.9 Å². The Morgan fingerprint density at radius 1 is 0.219 bits per heavy atom. The molecule has 0 saturated heterocycles. The van der Waals surface area contributed by atoms with Gasteiger partial charge in [-0.2, -0.15) is 9.97 Å². The number of thiophene rings is 1. The first kappa shape index (κ1) is 65.8. The fourth-order valence-corrected chi connectivity index (χ4v) is 17.8. The van der Waals surface area contributed by atoms with E-state index < -0.39 is 0 Å². The Morgan fingerprint density at radius 2 is 0.579 bits per heavy atom. The third-order valence-electron chi connectivity index (χ3n) is 21.7. The number of aromatic nitrogens is 9. The molecule has 0 aliphatic carbocycles. The average Bonchev–Trinajstić information content (AvgIpc) is 1.57. The van der Waals surface area contributed by atoms with E-state index in [0.29, 0.717) is 23.5 Å². The highest BCUT2D eigenvalue weighted by molar-refractivity contribution is 7.26. The van der Waals surface area contributed by atoms with Crippen LogP contribution in [0.3, 0.4) is 0 Å². The van der Waals surface area contributed by atoms with Crippen molar-refractivity contribution in [3.8, 4) is 85.4 Å². The molecule has 9 heterocycles. The van der Waals surface area contributed by atoms with Crippen molar-refractivity contribution in [2.24, 2.45) is 0 Å². The first-order valence-corrected chi connectivity index (χ1v) is 38.9. The zero-order valence-electron chi connectivity index (χ0n) is 61.1. The second-order valence-electron chi connectivity index (χ2n) is 28.4. The maximum absolute atomic E-state index is 6.48. The zero-order valence-corrected chi connectivity index (χ0v) is 61.9. The van der Waals surface area contributed by atoms with E-state index >= 15 is 0 Å². The molecule has 12 heteroatoms. The van der Waals surface area contributed by atoms with Gasteiger partial charge in [-0.25, -0.2) is 19.9 Å². The Labute approximate surface area is 656 Å². The molecule has 0 atom stereocenters. The van der Waals surface area contributed by atoms with Crippen LogP contribution in [0.15, 0.2) is 391 Å². The van der Waals surface area contributed by atoms with Gasteiger partial charge in [0.05, 0.1) is 61.0 Å². The Morgan fingerprint density at radius 3 is 1.07 bits per heavy atom. The molecule has 9 aromatic heterocycles. The van der Waals surface area contributed by atoms with E-state index in [1.807, 2.05) is 139 Å². The number of furan rings is 2. The van der Waals surface area contributed by atoms with Gasteiger partial charge in [0.2, 0.25) is 11.9 Å². The molecule has 0 aliphatic rings. The summed E-state index contributed by atoms with van der Waals surface area (Å²) in [7, 11) is 0. The van der Waals surface area contributed by atoms with E-state index in [9.17, 15) is 0 Å². The Bertz CT molecular complexity index is 6940. The van der Waals surface area contributed by atoms with Crippen molar-refractivity contribution < 1.29 is 8.83 Å². The maximum Gasteiger partial charge on any atom is 0.238 e. The van der Waals surface area contributed by atoms with E-state index in [4.69, 9.17) is 38.7 Å². The summed E-state index contributed by atoms with van der Waals surface area (Å²) in [6, 6.07) is 132. The van der Waals surface area contributed by atoms with Crippen molar-refractivity contribution in [3.63, 3.8) is 0 Å². The molecule has 0 spiro atoms. The van der Waals surface area contributed by atoms with Crippen molar-refractivity contribution in [1.82, 2.24) is 43.6 Å². The molecule has 534 valence electrons. The Balaban J connectivity index is 0.000000104. The minimum Gasteiger partial charge on any atom is -0.455 e. The monoisotopic (exact) mass is 1480 g/mol. The predicted octanol–water partition coefficient (Wildman–Crippen LogP) is 26.9. The van der Waals surface area contributed by atoms with Gasteiger partial charge in [-0.15, -0.1) is 11.3 Å². The fourth-order valence-electron chi connectivity index (χ4n) is 16.5. The van der Waals surface area contributed by atoms with Gasteiger partial charge >= 0.3 is 0 Å². The quantitative estimate of drug-likeness (QED) is 0.140. The molecule has 24 aromatic rings. The van der Waals surface area contributed by atoms with Crippen LogP contribution in [0.5, 0.6) is 0 Å². The third kappa shape index (κ3) is 11.2. The number of pyridine rings is 1. The van der Waals surface area contributed by atoms with Gasteiger partial charge < -0.3 is 8.83 Å². The van der Waals surface area contributed by atoms with E-state index in [1.54, 1.807) is 0 Å². The van der Waals surface area contributed by atoms with Crippen molar-refractivity contribution in [3.05, 3.63) is 382 Å². The highest BCUT2D eigenvalue weighted by atomic mass is 32.1. The van der Waals surface area contributed by atoms with Crippen LogP contribution in [-0.2, 0) is 0 Å². The molecule has 114 heavy (non-hydrogen) atoms. The average molecular weight is 1480 g/mol. The molecule has 0 saturated carbocycles. The van der Waals surface area contributed by atoms with Gasteiger partial charge in [0.1, 0.15) is 28.1 Å². The summed E-state index contributed by atoms with van der Waals surface area (Å²) in [6.45, 7) is 0. The second-order valence-corrected chi connectivity index (χ2v) is 29.4. The molecule has 11 nitrogen and oxygen atoms in total. The molecule has 0 bridgehead atoms. The SMILES string of the molecule is c1ccc(-c2cc(-c3ccccc3)nc(-n3c4ccccc4c4c5oc6ccccc6c5ccc43)c2)cc1.c1ccc(-c2cc(-c3ccccc3)nc(-n3c4ccccc4c4c5oc6ccccc6c5ccc43)n2)cc1.c1ccc(-c2nc(-c3ccccc3)nc(-n3c4ccccc4c4c5sc6ccccc6c5ccc43)n2)cc1. The van der Waals surface area contributed by atoms with Crippen LogP contribution in [0, 0.1) is 0 Å². The number of nitrogens with zero attached hydrogens (tertiary/aromatic N) is 9. The van der Waals surface area contributed by atoms with Crippen LogP contribution in [0.2, 0.25) is 0 Å². The second kappa shape index (κ2) is 27.4. The van der Waals surface area contributed by atoms with Gasteiger partial charge in [0.15, 0.2) is 11.6 Å². The minimum absolute atomic E-state index is 0.615. The summed E-state index contributed by atoms with van der Waals surface area (Å²) in [6.07, 6.45) is 0. The van der Waals surface area contributed by atoms with Crippen LogP contribution < -0.4 is 0 Å². The summed E-state index contributed by atoms with van der Waals surface area (Å²) in [5.74, 6) is 3.44. The zero-order chi connectivity index (χ0) is 75.2. The van der Waals surface area contributed by atoms with Crippen molar-refractivity contribution in [2.75, 3.05) is 0 Å². The molecule has 0 fully saturated rings. The van der Waals surface area contributed by atoms with Crippen molar-refractivity contribution in [1.29, 1.82) is 0 Å². The standard InChI is InChI=1S/C35H22N2O.C34H21N3O.C33H20N4S/c1-3-11-23(12-4-1)25-21-29(24-13-5-2-6-14-24)36-33(22-25)37-30-17-9-7-16-28(30)34-31(37)20-19-27-26-15-8-10-18-32(26)38-35(27)34;1-3-11-22(12-4-1)27-21-28(23-13-5-2-6-14-23)36-34(35-27)37-29-17-9-7-16-26(29)32-30(37)20-19-25-24-15-8-10-18-31(24)38-33(25)32;1-3-11-21(12-4-1)31-34-32(22-13-5-2-6-14-22)36-33(35-31)37-26-17-9-7-16-25(26)29-27(37)20-19-24-23-15-8-10-18-28(23)38-30(24)29/h1-22H;1-21H;1-20H. The Kier molecular flexibility index (Phi) is 15.8. The molecule has 24 rings (SSSR count). The number of para-hydroxylation sites is 5. The lowest BCUT2D eigenvalue weighted by atomic mass is 10.0. The lowest BCUT2D eigenvalue weighted by molar-refractivity contribution is 0.672. The fraction of sp³-hybridized carbons (Fsp3) is 0. The molecule has 15 aromatic carbocycles. The summed E-state index contributed by atoms with van der Waals surface area (Å²) in [4.78, 5) is 30.4. The molecule has 0 N–H and O–H groups in total. The Hall–Kier alpha value is -15.2. The summed E-state index contributed by atoms with van der Waals surface area (Å²) < 4.78 is 22.1.